The summed E-state index contributed by atoms with van der Waals surface area (Å²) in [4.78, 5) is 43.3. The Balaban J connectivity index is 1.76. The van der Waals surface area contributed by atoms with Gasteiger partial charge in [0.2, 0.25) is 5.91 Å². The lowest BCUT2D eigenvalue weighted by atomic mass is 9.85. The van der Waals surface area contributed by atoms with Gasteiger partial charge in [-0.2, -0.15) is 5.10 Å². The van der Waals surface area contributed by atoms with Crippen LogP contribution in [0.4, 0.5) is 4.79 Å². The highest BCUT2D eigenvalue weighted by Crippen LogP contribution is 2.38. The summed E-state index contributed by atoms with van der Waals surface area (Å²) in [6.45, 7) is 6.86. The van der Waals surface area contributed by atoms with Crippen LogP contribution in [0.5, 0.6) is 0 Å². The third kappa shape index (κ3) is 3.39. The average molecular weight is 391 g/mol. The number of carbonyl (C=O) groups excluding carboxylic acids is 3. The van der Waals surface area contributed by atoms with Crippen LogP contribution in [-0.4, -0.2) is 85.8 Å². The van der Waals surface area contributed by atoms with Crippen LogP contribution >= 0.6 is 0 Å². The lowest BCUT2D eigenvalue weighted by Crippen LogP contribution is -2.58. The zero-order chi connectivity index (χ0) is 20.5. The number of nitrogens with zero attached hydrogens (tertiary/aromatic N) is 5. The first kappa shape index (κ1) is 20.3. The molecule has 2 aliphatic rings. The van der Waals surface area contributed by atoms with E-state index in [9.17, 15) is 19.5 Å². The molecule has 4 amide bonds. The van der Waals surface area contributed by atoms with E-state index in [2.05, 4.69) is 5.10 Å². The van der Waals surface area contributed by atoms with Gasteiger partial charge in [0.25, 0.3) is 5.91 Å². The first-order valence-electron chi connectivity index (χ1n) is 9.84. The molecular formula is C19H29N5O4. The Labute approximate surface area is 164 Å². The Kier molecular flexibility index (Phi) is 5.74. The molecular weight excluding hydrogens is 362 g/mol. The van der Waals surface area contributed by atoms with Gasteiger partial charge in [-0.25, -0.2) is 4.79 Å². The number of hydrogen-bond donors (Lipinski definition) is 1. The zero-order valence-corrected chi connectivity index (χ0v) is 16.7. The smallest absolute Gasteiger partial charge is 0.327 e. The van der Waals surface area contributed by atoms with Gasteiger partial charge in [0.05, 0.1) is 13.2 Å². The molecule has 0 radical (unpaired) electrons. The number of carbonyl (C=O) groups is 3. The van der Waals surface area contributed by atoms with Crippen molar-refractivity contribution in [1.29, 1.82) is 0 Å². The Morgan fingerprint density at radius 3 is 2.46 bits per heavy atom. The second-order valence-corrected chi connectivity index (χ2v) is 7.99. The normalized spacial score (nSPS) is 20.5. The Bertz CT molecular complexity index is 725. The van der Waals surface area contributed by atoms with Crippen molar-refractivity contribution >= 4 is 17.8 Å². The monoisotopic (exact) mass is 391 g/mol. The second-order valence-electron chi connectivity index (χ2n) is 7.99. The predicted octanol–water partition coefficient (Wildman–Crippen LogP) is 0.718. The third-order valence-corrected chi connectivity index (χ3v) is 5.67. The van der Waals surface area contributed by atoms with Crippen molar-refractivity contribution in [3.05, 3.63) is 18.5 Å². The Morgan fingerprint density at radius 1 is 1.25 bits per heavy atom. The summed E-state index contributed by atoms with van der Waals surface area (Å²) in [6, 6.07) is 1.03. The lowest BCUT2D eigenvalue weighted by molar-refractivity contribution is -0.143. The quantitative estimate of drug-likeness (QED) is 0.721. The lowest BCUT2D eigenvalue weighted by Gasteiger charge is -2.43. The molecule has 3 heterocycles. The summed E-state index contributed by atoms with van der Waals surface area (Å²) < 4.78 is 1.62. The molecule has 0 aromatic carbocycles. The van der Waals surface area contributed by atoms with Gasteiger partial charge in [-0.1, -0.05) is 13.8 Å². The van der Waals surface area contributed by atoms with Crippen LogP contribution in [0.15, 0.2) is 18.5 Å². The van der Waals surface area contributed by atoms with E-state index in [-0.39, 0.29) is 36.9 Å². The van der Waals surface area contributed by atoms with Crippen molar-refractivity contribution in [1.82, 2.24) is 24.5 Å². The third-order valence-electron chi connectivity index (χ3n) is 5.67. The first-order valence-corrected chi connectivity index (χ1v) is 9.84. The molecule has 1 aromatic rings. The molecule has 9 nitrogen and oxygen atoms in total. The predicted molar refractivity (Wildman–Crippen MR) is 101 cm³/mol. The number of rotatable bonds is 6. The SMILES string of the molecule is CC(C)CN1C(=O)N(CCO)C(=O)C12CCN(C(=O)C(C)n1cccn1)CC2. The maximum absolute atomic E-state index is 13.1. The Morgan fingerprint density at radius 2 is 1.93 bits per heavy atom. The highest BCUT2D eigenvalue weighted by Gasteiger charge is 2.58. The summed E-state index contributed by atoms with van der Waals surface area (Å²) in [7, 11) is 0. The fourth-order valence-corrected chi connectivity index (χ4v) is 4.17. The number of imide groups is 1. The molecule has 3 rings (SSSR count). The van der Waals surface area contributed by atoms with Gasteiger partial charge in [-0.3, -0.25) is 19.2 Å². The highest BCUT2D eigenvalue weighted by atomic mass is 16.3. The molecule has 1 N–H and O–H groups in total. The van der Waals surface area contributed by atoms with Gasteiger partial charge < -0.3 is 14.9 Å². The minimum atomic E-state index is -0.914. The van der Waals surface area contributed by atoms with Crippen molar-refractivity contribution in [2.24, 2.45) is 5.92 Å². The summed E-state index contributed by atoms with van der Waals surface area (Å²) in [5.74, 6) is -0.0837. The van der Waals surface area contributed by atoms with E-state index >= 15 is 0 Å². The van der Waals surface area contributed by atoms with E-state index in [1.165, 1.54) is 0 Å². The molecule has 0 bridgehead atoms. The number of aliphatic hydroxyl groups is 1. The van der Waals surface area contributed by atoms with E-state index < -0.39 is 11.6 Å². The van der Waals surface area contributed by atoms with Gasteiger partial charge in [-0.05, 0) is 31.7 Å². The van der Waals surface area contributed by atoms with Crippen molar-refractivity contribution in [2.75, 3.05) is 32.8 Å². The fourth-order valence-electron chi connectivity index (χ4n) is 4.17. The van der Waals surface area contributed by atoms with Crippen molar-refractivity contribution < 1.29 is 19.5 Å². The minimum absolute atomic E-state index is 0.00693. The van der Waals surface area contributed by atoms with Gasteiger partial charge >= 0.3 is 6.03 Å². The Hall–Kier alpha value is -2.42. The summed E-state index contributed by atoms with van der Waals surface area (Å²) in [6.07, 6.45) is 4.20. The number of piperidine rings is 1. The van der Waals surface area contributed by atoms with Crippen LogP contribution in [-0.2, 0) is 9.59 Å². The molecule has 1 spiro atoms. The maximum Gasteiger partial charge on any atom is 0.327 e. The maximum atomic E-state index is 13.1. The van der Waals surface area contributed by atoms with E-state index in [1.54, 1.807) is 39.9 Å². The number of likely N-dealkylation sites (tertiary alicyclic amines) is 1. The van der Waals surface area contributed by atoms with Crippen molar-refractivity contribution in [2.45, 2.75) is 45.2 Å². The van der Waals surface area contributed by atoms with Crippen molar-refractivity contribution in [3.8, 4) is 0 Å². The molecule has 2 saturated heterocycles. The fraction of sp³-hybridized carbons (Fsp3) is 0.684. The largest absolute Gasteiger partial charge is 0.395 e. The molecule has 2 fully saturated rings. The van der Waals surface area contributed by atoms with Gasteiger partial charge in [-0.15, -0.1) is 0 Å². The topological polar surface area (TPSA) is 99.0 Å². The summed E-state index contributed by atoms with van der Waals surface area (Å²) in [5.41, 5.74) is -0.914. The molecule has 9 heteroatoms. The first-order chi connectivity index (χ1) is 13.3. The standard InChI is InChI=1S/C19H29N5O4/c1-14(2)13-23-18(28)22(11-12-25)17(27)19(23)5-9-21(10-6-19)16(26)15(3)24-8-4-7-20-24/h4,7-8,14-15,25H,5-6,9-13H2,1-3H3. The number of amides is 4. The van der Waals surface area contributed by atoms with Crippen molar-refractivity contribution in [3.63, 3.8) is 0 Å². The van der Waals surface area contributed by atoms with Crippen LogP contribution in [0.3, 0.4) is 0 Å². The molecule has 1 aromatic heterocycles. The number of hydrogen-bond acceptors (Lipinski definition) is 5. The van der Waals surface area contributed by atoms with Gasteiger partial charge in [0.15, 0.2) is 0 Å². The van der Waals surface area contributed by atoms with Crippen LogP contribution in [0, 0.1) is 5.92 Å². The van der Waals surface area contributed by atoms with E-state index in [1.807, 2.05) is 13.8 Å². The molecule has 28 heavy (non-hydrogen) atoms. The molecule has 1 atom stereocenters. The van der Waals surface area contributed by atoms with Crippen LogP contribution in [0.1, 0.15) is 39.7 Å². The van der Waals surface area contributed by atoms with Gasteiger partial charge in [0.1, 0.15) is 11.6 Å². The molecule has 2 aliphatic heterocycles. The van der Waals surface area contributed by atoms with Crippen LogP contribution < -0.4 is 0 Å². The molecule has 154 valence electrons. The average Bonchev–Trinajstić information content (AvgIpc) is 3.27. The van der Waals surface area contributed by atoms with E-state index in [0.717, 1.165) is 4.90 Å². The zero-order valence-electron chi connectivity index (χ0n) is 16.7. The highest BCUT2D eigenvalue weighted by molar-refractivity contribution is 6.07. The van der Waals surface area contributed by atoms with Crippen LogP contribution in [0.2, 0.25) is 0 Å². The van der Waals surface area contributed by atoms with Gasteiger partial charge in [0, 0.05) is 32.0 Å². The number of aromatic nitrogens is 2. The van der Waals surface area contributed by atoms with E-state index in [0.29, 0.717) is 32.5 Å². The minimum Gasteiger partial charge on any atom is -0.395 e. The van der Waals surface area contributed by atoms with E-state index in [4.69, 9.17) is 0 Å². The van der Waals surface area contributed by atoms with Crippen LogP contribution in [0.25, 0.3) is 0 Å². The second kappa shape index (κ2) is 7.90. The molecule has 0 aliphatic carbocycles. The molecule has 1 unspecified atom stereocenters. The summed E-state index contributed by atoms with van der Waals surface area (Å²) in [5, 5.41) is 13.4. The summed E-state index contributed by atoms with van der Waals surface area (Å²) >= 11 is 0. The number of aliphatic hydroxyl groups excluding tert-OH is 1. The molecule has 0 saturated carbocycles. The number of urea groups is 1. The number of β-amino-alcohol motifs (C(OH)–C–C–N with tert-alkyl or cyclic N) is 1.